The lowest BCUT2D eigenvalue weighted by molar-refractivity contribution is -0.0165. The summed E-state index contributed by atoms with van der Waals surface area (Å²) in [4.78, 5) is 11.7. The fraction of sp³-hybridized carbons (Fsp3) is 0.462. The van der Waals surface area contributed by atoms with Gasteiger partial charge < -0.3 is 10.1 Å². The summed E-state index contributed by atoms with van der Waals surface area (Å²) < 4.78 is 19.8. The molecule has 2 heterocycles. The lowest BCUT2D eigenvalue weighted by Gasteiger charge is -2.43. The van der Waals surface area contributed by atoms with Crippen LogP contribution in [-0.2, 0) is 10.3 Å². The van der Waals surface area contributed by atoms with Crippen molar-refractivity contribution in [2.24, 2.45) is 0 Å². The van der Waals surface area contributed by atoms with Gasteiger partial charge in [-0.25, -0.2) is 9.18 Å². The molecule has 1 spiro atoms. The predicted molar refractivity (Wildman–Crippen MR) is 69.9 cm³/mol. The summed E-state index contributed by atoms with van der Waals surface area (Å²) in [5.41, 5.74) is -0.174. The minimum Gasteiger partial charge on any atom is -0.436 e. The van der Waals surface area contributed by atoms with Crippen LogP contribution < -0.4 is 10.6 Å². The summed E-state index contributed by atoms with van der Waals surface area (Å²) >= 11 is 5.85. The van der Waals surface area contributed by atoms with E-state index in [0.717, 1.165) is 6.42 Å². The zero-order valence-corrected chi connectivity index (χ0v) is 11.2. The number of hydrogen-bond donors (Lipinski definition) is 2. The van der Waals surface area contributed by atoms with Gasteiger partial charge in [-0.1, -0.05) is 11.6 Å². The lowest BCUT2D eigenvalue weighted by Crippen LogP contribution is -2.53. The van der Waals surface area contributed by atoms with Crippen LogP contribution in [0.15, 0.2) is 12.1 Å². The van der Waals surface area contributed by atoms with Gasteiger partial charge in [0.1, 0.15) is 0 Å². The van der Waals surface area contributed by atoms with Crippen LogP contribution >= 0.6 is 11.6 Å². The highest BCUT2D eigenvalue weighted by Gasteiger charge is 2.46. The van der Waals surface area contributed by atoms with Crippen LogP contribution in [0.2, 0.25) is 5.02 Å². The molecule has 1 fully saturated rings. The van der Waals surface area contributed by atoms with Crippen molar-refractivity contribution in [2.45, 2.75) is 31.4 Å². The van der Waals surface area contributed by atoms with Crippen molar-refractivity contribution in [3.63, 3.8) is 0 Å². The largest absolute Gasteiger partial charge is 0.436 e. The van der Waals surface area contributed by atoms with Crippen molar-refractivity contribution in [1.29, 1.82) is 0 Å². The molecule has 0 bridgehead atoms. The summed E-state index contributed by atoms with van der Waals surface area (Å²) in [5, 5.41) is 5.80. The third kappa shape index (κ3) is 1.97. The van der Waals surface area contributed by atoms with E-state index in [1.54, 1.807) is 6.07 Å². The van der Waals surface area contributed by atoms with Gasteiger partial charge in [-0.15, -0.1) is 0 Å². The van der Waals surface area contributed by atoms with E-state index in [1.807, 2.05) is 6.92 Å². The van der Waals surface area contributed by atoms with Gasteiger partial charge >= 0.3 is 6.09 Å². The molecule has 2 N–H and O–H groups in total. The first-order chi connectivity index (χ1) is 9.02. The molecule has 0 aromatic heterocycles. The van der Waals surface area contributed by atoms with Gasteiger partial charge in [-0.2, -0.15) is 0 Å². The van der Waals surface area contributed by atoms with Gasteiger partial charge in [0.05, 0.1) is 16.3 Å². The molecule has 1 amide bonds. The molecule has 6 heteroatoms. The molecule has 1 aromatic rings. The number of benzene rings is 1. The Hall–Kier alpha value is -1.33. The van der Waals surface area contributed by atoms with Crippen molar-refractivity contribution >= 4 is 23.4 Å². The van der Waals surface area contributed by atoms with Crippen molar-refractivity contribution < 1.29 is 13.9 Å². The second-order valence-corrected chi connectivity index (χ2v) is 5.52. The standard InChI is InChI=1S/C13H14ClFN2O2/c1-7-4-5-13(6-16-7)10-9(17-12(18)19-13)3-2-8(14)11(10)15/h2-3,7,16H,4-6H2,1H3,(H,17,18). The number of carbonyl (C=O) groups is 1. The van der Waals surface area contributed by atoms with Crippen LogP contribution in [0, 0.1) is 5.82 Å². The topological polar surface area (TPSA) is 50.4 Å². The summed E-state index contributed by atoms with van der Waals surface area (Å²) in [6.07, 6.45) is 0.836. The molecule has 2 aliphatic heterocycles. The van der Waals surface area contributed by atoms with Crippen LogP contribution in [0.25, 0.3) is 0 Å². The molecule has 0 saturated carbocycles. The quantitative estimate of drug-likeness (QED) is 0.770. The van der Waals surface area contributed by atoms with Crippen molar-refractivity contribution in [1.82, 2.24) is 5.32 Å². The van der Waals surface area contributed by atoms with Gasteiger partial charge in [0.2, 0.25) is 0 Å². The Bertz CT molecular complexity index is 542. The molecule has 2 aliphatic rings. The van der Waals surface area contributed by atoms with E-state index < -0.39 is 17.5 Å². The number of nitrogens with one attached hydrogen (secondary N) is 2. The Morgan fingerprint density at radius 1 is 1.53 bits per heavy atom. The van der Waals surface area contributed by atoms with Crippen LogP contribution in [0.4, 0.5) is 14.9 Å². The van der Waals surface area contributed by atoms with E-state index in [2.05, 4.69) is 10.6 Å². The molecule has 0 aliphatic carbocycles. The molecule has 2 atom stereocenters. The number of halogens is 2. The molecular weight excluding hydrogens is 271 g/mol. The number of fused-ring (bicyclic) bond motifs is 2. The van der Waals surface area contributed by atoms with Gasteiger partial charge in [-0.3, -0.25) is 5.32 Å². The van der Waals surface area contributed by atoms with Crippen molar-refractivity contribution in [3.05, 3.63) is 28.5 Å². The van der Waals surface area contributed by atoms with E-state index in [4.69, 9.17) is 16.3 Å². The molecule has 3 rings (SSSR count). The molecule has 2 unspecified atom stereocenters. The summed E-state index contributed by atoms with van der Waals surface area (Å²) in [6, 6.07) is 3.37. The zero-order valence-electron chi connectivity index (χ0n) is 10.4. The summed E-state index contributed by atoms with van der Waals surface area (Å²) in [7, 11) is 0. The SMILES string of the molecule is CC1CCC2(CN1)OC(=O)Nc1ccc(Cl)c(F)c12. The minimum atomic E-state index is -0.959. The number of piperidine rings is 1. The number of amides is 1. The van der Waals surface area contributed by atoms with Gasteiger partial charge in [0.25, 0.3) is 0 Å². The Labute approximate surface area is 115 Å². The lowest BCUT2D eigenvalue weighted by atomic mass is 9.82. The fourth-order valence-corrected chi connectivity index (χ4v) is 2.90. The van der Waals surface area contributed by atoms with Gasteiger partial charge in [-0.05, 0) is 31.9 Å². The van der Waals surface area contributed by atoms with Crippen LogP contribution in [0.3, 0.4) is 0 Å². The highest BCUT2D eigenvalue weighted by atomic mass is 35.5. The van der Waals surface area contributed by atoms with E-state index in [0.29, 0.717) is 30.3 Å². The average Bonchev–Trinajstić information content (AvgIpc) is 2.37. The number of ether oxygens (including phenoxy) is 1. The maximum absolute atomic E-state index is 14.3. The van der Waals surface area contributed by atoms with Gasteiger partial charge in [0, 0.05) is 12.6 Å². The van der Waals surface area contributed by atoms with E-state index in [-0.39, 0.29) is 5.02 Å². The molecule has 4 nitrogen and oxygen atoms in total. The van der Waals surface area contributed by atoms with Crippen LogP contribution in [0.5, 0.6) is 0 Å². The van der Waals surface area contributed by atoms with Crippen molar-refractivity contribution in [2.75, 3.05) is 11.9 Å². The number of anilines is 1. The molecule has 0 radical (unpaired) electrons. The van der Waals surface area contributed by atoms with Crippen molar-refractivity contribution in [3.8, 4) is 0 Å². The second-order valence-electron chi connectivity index (χ2n) is 5.11. The molecule has 102 valence electrons. The Morgan fingerprint density at radius 2 is 2.32 bits per heavy atom. The maximum Gasteiger partial charge on any atom is 0.412 e. The summed E-state index contributed by atoms with van der Waals surface area (Å²) in [5.74, 6) is -0.518. The number of rotatable bonds is 0. The van der Waals surface area contributed by atoms with E-state index in [9.17, 15) is 9.18 Å². The Kier molecular flexibility index (Phi) is 2.91. The third-order valence-electron chi connectivity index (χ3n) is 3.79. The first-order valence-electron chi connectivity index (χ1n) is 6.24. The normalized spacial score (nSPS) is 29.6. The molecule has 1 aromatic carbocycles. The number of carbonyl (C=O) groups excluding carboxylic acids is 1. The molecule has 19 heavy (non-hydrogen) atoms. The maximum atomic E-state index is 14.3. The zero-order chi connectivity index (χ0) is 13.6. The minimum absolute atomic E-state index is 0.0384. The van der Waals surface area contributed by atoms with E-state index >= 15 is 0 Å². The highest BCUT2D eigenvalue weighted by Crippen LogP contribution is 2.44. The van der Waals surface area contributed by atoms with Crippen LogP contribution in [-0.4, -0.2) is 18.7 Å². The first-order valence-corrected chi connectivity index (χ1v) is 6.61. The van der Waals surface area contributed by atoms with Gasteiger partial charge in [0.15, 0.2) is 11.4 Å². The Morgan fingerprint density at radius 3 is 3.00 bits per heavy atom. The van der Waals surface area contributed by atoms with Crippen LogP contribution in [0.1, 0.15) is 25.3 Å². The molecular formula is C13H14ClFN2O2. The number of hydrogen-bond acceptors (Lipinski definition) is 3. The average molecular weight is 285 g/mol. The third-order valence-corrected chi connectivity index (χ3v) is 4.08. The second kappa shape index (κ2) is 4.35. The highest BCUT2D eigenvalue weighted by molar-refractivity contribution is 6.31. The summed E-state index contributed by atoms with van der Waals surface area (Å²) in [6.45, 7) is 2.44. The smallest absolute Gasteiger partial charge is 0.412 e. The fourth-order valence-electron chi connectivity index (χ4n) is 2.74. The van der Waals surface area contributed by atoms with E-state index in [1.165, 1.54) is 6.07 Å². The molecule has 1 saturated heterocycles. The predicted octanol–water partition coefficient (Wildman–Crippen LogP) is 3.01. The monoisotopic (exact) mass is 284 g/mol. The first kappa shape index (κ1) is 12.7. The Balaban J connectivity index is 2.13.